The molecular formula is C29H33N3O4. The summed E-state index contributed by atoms with van der Waals surface area (Å²) >= 11 is 0. The van der Waals surface area contributed by atoms with E-state index in [9.17, 15) is 9.90 Å². The van der Waals surface area contributed by atoms with Crippen molar-refractivity contribution in [1.82, 2.24) is 9.78 Å². The number of aliphatic hydroxyl groups excluding tert-OH is 1. The lowest BCUT2D eigenvalue weighted by Crippen LogP contribution is -2.36. The van der Waals surface area contributed by atoms with Gasteiger partial charge in [0.05, 0.1) is 22.9 Å². The number of aliphatic hydroxyl groups is 1. The number of fused-ring (bicyclic) bond motifs is 1. The number of nitrogens with zero attached hydrogens (tertiary/aromatic N) is 3. The first-order valence-corrected chi connectivity index (χ1v) is 11.8. The summed E-state index contributed by atoms with van der Waals surface area (Å²) in [6.07, 6.45) is 1.30. The molecule has 1 N–H and O–H groups in total. The molecule has 0 aliphatic carbocycles. The van der Waals surface area contributed by atoms with Crippen LogP contribution in [0.5, 0.6) is 0 Å². The minimum Gasteiger partial charge on any atom is -0.393 e. The van der Waals surface area contributed by atoms with Gasteiger partial charge >= 0.3 is 0 Å². The van der Waals surface area contributed by atoms with Crippen molar-refractivity contribution in [3.63, 3.8) is 0 Å². The quantitative estimate of drug-likeness (QED) is 0.461. The summed E-state index contributed by atoms with van der Waals surface area (Å²) < 4.78 is 5.79. The third-order valence-corrected chi connectivity index (χ3v) is 6.10. The highest BCUT2D eigenvalue weighted by Crippen LogP contribution is 2.28. The molecule has 1 aliphatic rings. The molecule has 0 unspecified atom stereocenters. The number of hydrogen-bond acceptors (Lipinski definition) is 6. The summed E-state index contributed by atoms with van der Waals surface area (Å²) in [7, 11) is 3.25. The Morgan fingerprint density at radius 2 is 1.50 bits per heavy atom. The minimum atomic E-state index is -0.223. The van der Waals surface area contributed by atoms with Crippen molar-refractivity contribution >= 4 is 23.2 Å². The number of carbonyl (C=O) groups is 1. The first-order chi connectivity index (χ1) is 17.5. The van der Waals surface area contributed by atoms with E-state index >= 15 is 0 Å². The second-order valence-corrected chi connectivity index (χ2v) is 8.57. The Morgan fingerprint density at radius 1 is 0.917 bits per heavy atom. The van der Waals surface area contributed by atoms with E-state index in [-0.39, 0.29) is 11.7 Å². The van der Waals surface area contributed by atoms with Gasteiger partial charge in [0.2, 0.25) is 0 Å². The summed E-state index contributed by atoms with van der Waals surface area (Å²) in [5, 5.41) is 16.2. The molecule has 2 heterocycles. The van der Waals surface area contributed by atoms with E-state index in [4.69, 9.17) is 9.89 Å². The van der Waals surface area contributed by atoms with Crippen LogP contribution in [-0.4, -0.2) is 55.1 Å². The number of ether oxygens (including phenoxy) is 1. The van der Waals surface area contributed by atoms with Crippen molar-refractivity contribution in [2.45, 2.75) is 25.9 Å². The van der Waals surface area contributed by atoms with Crippen LogP contribution in [0.1, 0.15) is 18.4 Å². The monoisotopic (exact) mass is 487 g/mol. The first-order valence-electron chi connectivity index (χ1n) is 11.8. The van der Waals surface area contributed by atoms with Gasteiger partial charge in [-0.2, -0.15) is 9.78 Å². The third kappa shape index (κ3) is 5.87. The normalized spacial score (nSPS) is 13.4. The number of piperidine rings is 1. The van der Waals surface area contributed by atoms with Gasteiger partial charge in [-0.25, -0.2) is 0 Å². The van der Waals surface area contributed by atoms with Crippen molar-refractivity contribution in [2.75, 3.05) is 32.2 Å². The van der Waals surface area contributed by atoms with Crippen LogP contribution < -0.4 is 10.5 Å². The van der Waals surface area contributed by atoms with E-state index in [1.165, 1.54) is 0 Å². The molecule has 1 fully saturated rings. The maximum Gasteiger partial charge on any atom is 0.279 e. The number of hydrogen-bond donors (Lipinski definition) is 1. The predicted octanol–water partition coefficient (Wildman–Crippen LogP) is 4.40. The van der Waals surface area contributed by atoms with E-state index in [1.54, 1.807) is 18.9 Å². The predicted molar refractivity (Wildman–Crippen MR) is 145 cm³/mol. The molecule has 1 aromatic heterocycles. The van der Waals surface area contributed by atoms with E-state index in [0.717, 1.165) is 59.5 Å². The van der Waals surface area contributed by atoms with Crippen LogP contribution in [0.3, 0.4) is 0 Å². The molecule has 1 saturated heterocycles. The molecule has 0 saturated carbocycles. The number of aryl methyl sites for hydroxylation is 1. The summed E-state index contributed by atoms with van der Waals surface area (Å²) in [5.74, 6) is 0. The minimum absolute atomic E-state index is 0.121. The Morgan fingerprint density at radius 3 is 2.14 bits per heavy atom. The van der Waals surface area contributed by atoms with E-state index in [1.807, 2.05) is 80.4 Å². The second kappa shape index (κ2) is 12.8. The second-order valence-electron chi connectivity index (χ2n) is 8.57. The van der Waals surface area contributed by atoms with Gasteiger partial charge in [-0.3, -0.25) is 4.79 Å². The van der Waals surface area contributed by atoms with Gasteiger partial charge < -0.3 is 19.5 Å². The smallest absolute Gasteiger partial charge is 0.279 e. The standard InChI is InChI=1S/C26H25N3O2.C2H6O.CH2O/c1-18-11-12-20(28-15-13-21(30)14-16-28)17-24(18)29-26(31)23-10-6-5-9-22(23)25(27-29)19-7-3-2-4-8-19;1-3-2;1-2/h2-12,17,21,30H,13-16H2,1H3;1-2H3;1H2. The number of carbonyl (C=O) groups excluding carboxylic acids is 1. The summed E-state index contributed by atoms with van der Waals surface area (Å²) in [6.45, 7) is 5.61. The lowest BCUT2D eigenvalue weighted by Gasteiger charge is -2.32. The van der Waals surface area contributed by atoms with E-state index < -0.39 is 0 Å². The summed E-state index contributed by atoms with van der Waals surface area (Å²) in [4.78, 5) is 23.7. The molecule has 5 rings (SSSR count). The van der Waals surface area contributed by atoms with Gasteiger partial charge in [0.25, 0.3) is 5.56 Å². The van der Waals surface area contributed by atoms with Crippen LogP contribution >= 0.6 is 0 Å². The molecule has 36 heavy (non-hydrogen) atoms. The molecule has 3 aromatic carbocycles. The maximum atomic E-state index is 13.4. The Balaban J connectivity index is 0.000000674. The zero-order chi connectivity index (χ0) is 26.1. The van der Waals surface area contributed by atoms with Gasteiger partial charge in [-0.1, -0.05) is 54.6 Å². The fourth-order valence-corrected chi connectivity index (χ4v) is 4.31. The average molecular weight is 488 g/mol. The molecular weight excluding hydrogens is 454 g/mol. The topological polar surface area (TPSA) is 84.7 Å². The highest BCUT2D eigenvalue weighted by molar-refractivity contribution is 5.94. The number of methoxy groups -OCH3 is 1. The van der Waals surface area contributed by atoms with Gasteiger partial charge in [-0.05, 0) is 43.5 Å². The maximum absolute atomic E-state index is 13.4. The largest absolute Gasteiger partial charge is 0.393 e. The fourth-order valence-electron chi connectivity index (χ4n) is 4.31. The molecule has 188 valence electrons. The Bertz CT molecular complexity index is 1330. The third-order valence-electron chi connectivity index (χ3n) is 6.10. The first kappa shape index (κ1) is 26.8. The van der Waals surface area contributed by atoms with Gasteiger partial charge in [0.1, 0.15) is 6.79 Å². The van der Waals surface area contributed by atoms with Crippen molar-refractivity contribution in [1.29, 1.82) is 0 Å². The number of rotatable bonds is 3. The molecule has 0 atom stereocenters. The van der Waals surface area contributed by atoms with Gasteiger partial charge in [-0.15, -0.1) is 0 Å². The van der Waals surface area contributed by atoms with Crippen LogP contribution in [0.2, 0.25) is 0 Å². The molecule has 0 amide bonds. The SMILES string of the molecule is C=O.COC.Cc1ccc(N2CCC(O)CC2)cc1-n1nc(-c2ccccc2)c2ccccc2c1=O. The molecule has 0 bridgehead atoms. The molecule has 1 aliphatic heterocycles. The van der Waals surface area contributed by atoms with Crippen molar-refractivity contribution in [2.24, 2.45) is 0 Å². The summed E-state index contributed by atoms with van der Waals surface area (Å²) in [6, 6.07) is 23.8. The highest BCUT2D eigenvalue weighted by Gasteiger charge is 2.19. The zero-order valence-electron chi connectivity index (χ0n) is 21.1. The van der Waals surface area contributed by atoms with Crippen LogP contribution in [-0.2, 0) is 9.53 Å². The van der Waals surface area contributed by atoms with E-state index in [0.29, 0.717) is 5.39 Å². The molecule has 4 aromatic rings. The van der Waals surface area contributed by atoms with Crippen molar-refractivity contribution < 1.29 is 14.6 Å². The lowest BCUT2D eigenvalue weighted by molar-refractivity contribution is -0.0980. The Labute approximate surface area is 211 Å². The zero-order valence-corrected chi connectivity index (χ0v) is 21.1. The molecule has 7 nitrogen and oxygen atoms in total. The summed E-state index contributed by atoms with van der Waals surface area (Å²) in [5.41, 5.74) is 4.48. The Kier molecular flexibility index (Phi) is 9.50. The molecule has 0 radical (unpaired) electrons. The number of benzene rings is 3. The van der Waals surface area contributed by atoms with Crippen molar-refractivity contribution in [3.05, 3.63) is 88.7 Å². The van der Waals surface area contributed by atoms with Crippen LogP contribution in [0, 0.1) is 6.92 Å². The van der Waals surface area contributed by atoms with Crippen LogP contribution in [0.25, 0.3) is 27.7 Å². The Hall–Kier alpha value is -3.81. The van der Waals surface area contributed by atoms with Gasteiger partial charge in [0.15, 0.2) is 0 Å². The molecule has 7 heteroatoms. The lowest BCUT2D eigenvalue weighted by atomic mass is 10.0. The molecule has 0 spiro atoms. The van der Waals surface area contributed by atoms with Crippen molar-refractivity contribution in [3.8, 4) is 16.9 Å². The van der Waals surface area contributed by atoms with Crippen LogP contribution in [0.15, 0.2) is 77.6 Å². The number of anilines is 1. The van der Waals surface area contributed by atoms with Crippen LogP contribution in [0.4, 0.5) is 5.69 Å². The number of aromatic nitrogens is 2. The van der Waals surface area contributed by atoms with E-state index in [2.05, 4.69) is 15.7 Å². The average Bonchev–Trinajstić information content (AvgIpc) is 2.92. The van der Waals surface area contributed by atoms with Gasteiger partial charge in [0, 0.05) is 43.9 Å². The highest BCUT2D eigenvalue weighted by atomic mass is 16.4. The fraction of sp³-hybridized carbons (Fsp3) is 0.276.